The van der Waals surface area contributed by atoms with Crippen LogP contribution in [0.1, 0.15) is 33.4 Å². The lowest BCUT2D eigenvalue weighted by Crippen LogP contribution is -2.41. The Kier molecular flexibility index (Phi) is 6.02. The number of rotatable bonds is 6. The molecule has 8 nitrogen and oxygen atoms in total. The quantitative estimate of drug-likeness (QED) is 0.553. The minimum Gasteiger partial charge on any atom is -0.480 e. The van der Waals surface area contributed by atoms with E-state index < -0.39 is 24.0 Å². The largest absolute Gasteiger partial charge is 0.480 e. The Balaban J connectivity index is 1.17. The van der Waals surface area contributed by atoms with Crippen molar-refractivity contribution in [2.24, 2.45) is 0 Å². The Morgan fingerprint density at radius 2 is 1.71 bits per heavy atom. The number of hydrogen-bond donors (Lipinski definition) is 2. The van der Waals surface area contributed by atoms with Gasteiger partial charge in [0.15, 0.2) is 5.76 Å². The lowest BCUT2D eigenvalue weighted by atomic mass is 9.98. The number of fused-ring (bicyclic) bond motifs is 3. The molecule has 2 amide bonds. The molecule has 1 aliphatic heterocycles. The number of carboxylic acids is 1. The lowest BCUT2D eigenvalue weighted by Gasteiger charge is -2.18. The molecule has 1 aliphatic carbocycles. The van der Waals surface area contributed by atoms with Crippen LogP contribution in [0.25, 0.3) is 11.1 Å². The molecule has 174 valence electrons. The van der Waals surface area contributed by atoms with Gasteiger partial charge in [-0.2, -0.15) is 0 Å². The van der Waals surface area contributed by atoms with Crippen LogP contribution < -0.4 is 5.32 Å². The van der Waals surface area contributed by atoms with Crippen molar-refractivity contribution in [1.82, 2.24) is 10.2 Å². The minimum absolute atomic E-state index is 0.0356. The van der Waals surface area contributed by atoms with Gasteiger partial charge in [-0.25, -0.2) is 9.59 Å². The summed E-state index contributed by atoms with van der Waals surface area (Å²) in [5.41, 5.74) is 4.57. The molecule has 2 heterocycles. The van der Waals surface area contributed by atoms with E-state index in [-0.39, 0.29) is 24.8 Å². The number of furan rings is 1. The van der Waals surface area contributed by atoms with E-state index in [4.69, 9.17) is 9.15 Å². The van der Waals surface area contributed by atoms with Gasteiger partial charge in [-0.05, 0) is 34.4 Å². The number of carbonyl (C=O) groups excluding carboxylic acids is 2. The summed E-state index contributed by atoms with van der Waals surface area (Å²) in [6.07, 6.45) is -0.590. The topological polar surface area (TPSA) is 109 Å². The highest BCUT2D eigenvalue weighted by Gasteiger charge is 2.36. The second kappa shape index (κ2) is 9.26. The first-order chi connectivity index (χ1) is 16.5. The number of amides is 2. The van der Waals surface area contributed by atoms with Gasteiger partial charge in [0.05, 0.1) is 12.4 Å². The Morgan fingerprint density at radius 3 is 2.38 bits per heavy atom. The normalized spacial score (nSPS) is 16.7. The van der Waals surface area contributed by atoms with Crippen molar-refractivity contribution < 1.29 is 28.6 Å². The summed E-state index contributed by atoms with van der Waals surface area (Å²) in [5.74, 6) is -0.506. The first-order valence-corrected chi connectivity index (χ1v) is 12.0. The highest BCUT2D eigenvalue weighted by atomic mass is 32.2. The predicted molar refractivity (Wildman–Crippen MR) is 126 cm³/mol. The van der Waals surface area contributed by atoms with E-state index in [9.17, 15) is 19.5 Å². The number of thioether (sulfide) groups is 1. The summed E-state index contributed by atoms with van der Waals surface area (Å²) in [4.78, 5) is 37.6. The van der Waals surface area contributed by atoms with E-state index in [1.807, 2.05) is 24.3 Å². The number of carboxylic acid groups (broad SMARTS) is 1. The first kappa shape index (κ1) is 22.1. The smallest absolute Gasteiger partial charge is 0.407 e. The van der Waals surface area contributed by atoms with Crippen LogP contribution in [0.3, 0.4) is 0 Å². The number of carbonyl (C=O) groups is 3. The molecule has 0 bridgehead atoms. The van der Waals surface area contributed by atoms with Gasteiger partial charge in [-0.15, -0.1) is 11.8 Å². The van der Waals surface area contributed by atoms with Crippen molar-refractivity contribution >= 4 is 29.7 Å². The number of aliphatic carboxylic acids is 1. The molecule has 2 N–H and O–H groups in total. The Hall–Kier alpha value is -3.72. The molecule has 0 saturated carbocycles. The zero-order valence-corrected chi connectivity index (χ0v) is 18.9. The van der Waals surface area contributed by atoms with Gasteiger partial charge in [-0.1, -0.05) is 48.5 Å². The van der Waals surface area contributed by atoms with Gasteiger partial charge in [0.25, 0.3) is 5.91 Å². The van der Waals surface area contributed by atoms with Gasteiger partial charge in [0.2, 0.25) is 0 Å². The maximum atomic E-state index is 12.6. The lowest BCUT2D eigenvalue weighted by molar-refractivity contribution is -0.140. The molecule has 1 aromatic heterocycles. The van der Waals surface area contributed by atoms with E-state index in [0.717, 1.165) is 22.3 Å². The zero-order valence-electron chi connectivity index (χ0n) is 18.1. The average molecular weight is 479 g/mol. The SMILES string of the molecule is O=C(NCc1ccc(C(=O)N2CSC[C@H]2C(=O)O)o1)OCC1c2ccccc2-c2ccccc21. The Bertz CT molecular complexity index is 1210. The summed E-state index contributed by atoms with van der Waals surface area (Å²) >= 11 is 1.38. The van der Waals surface area contributed by atoms with Gasteiger partial charge < -0.3 is 24.5 Å². The summed E-state index contributed by atoms with van der Waals surface area (Å²) in [6, 6.07) is 18.4. The molecule has 5 rings (SSSR count). The maximum Gasteiger partial charge on any atom is 0.407 e. The Morgan fingerprint density at radius 1 is 1.03 bits per heavy atom. The van der Waals surface area contributed by atoms with Crippen molar-refractivity contribution in [3.05, 3.63) is 83.3 Å². The van der Waals surface area contributed by atoms with Crippen LogP contribution in [-0.2, 0) is 16.1 Å². The highest BCUT2D eigenvalue weighted by Crippen LogP contribution is 2.44. The number of ether oxygens (including phenoxy) is 1. The van der Waals surface area contributed by atoms with Crippen LogP contribution in [0.4, 0.5) is 4.79 Å². The van der Waals surface area contributed by atoms with Crippen molar-refractivity contribution in [2.75, 3.05) is 18.2 Å². The summed E-state index contributed by atoms with van der Waals surface area (Å²) in [6.45, 7) is 0.242. The van der Waals surface area contributed by atoms with Crippen LogP contribution in [0.5, 0.6) is 0 Å². The van der Waals surface area contributed by atoms with Crippen molar-refractivity contribution in [1.29, 1.82) is 0 Å². The number of alkyl carbamates (subject to hydrolysis) is 1. The second-order valence-corrected chi connectivity index (χ2v) is 9.07. The second-order valence-electron chi connectivity index (χ2n) is 8.07. The number of nitrogens with zero attached hydrogens (tertiary/aromatic N) is 1. The molecule has 0 unspecified atom stereocenters. The van der Waals surface area contributed by atoms with Crippen LogP contribution in [0.15, 0.2) is 65.1 Å². The first-order valence-electron chi connectivity index (χ1n) is 10.8. The molecule has 34 heavy (non-hydrogen) atoms. The van der Waals surface area contributed by atoms with Crippen molar-refractivity contribution in [3.63, 3.8) is 0 Å². The zero-order chi connectivity index (χ0) is 23.7. The summed E-state index contributed by atoms with van der Waals surface area (Å²) in [7, 11) is 0. The van der Waals surface area contributed by atoms with E-state index in [0.29, 0.717) is 17.4 Å². The van der Waals surface area contributed by atoms with Gasteiger partial charge in [-0.3, -0.25) is 4.79 Å². The molecule has 2 aliphatic rings. The summed E-state index contributed by atoms with van der Waals surface area (Å²) in [5, 5.41) is 11.9. The van der Waals surface area contributed by atoms with Gasteiger partial charge in [0, 0.05) is 11.7 Å². The number of nitrogens with one attached hydrogen (secondary N) is 1. The molecule has 0 radical (unpaired) electrons. The van der Waals surface area contributed by atoms with Crippen LogP contribution in [0.2, 0.25) is 0 Å². The molecule has 1 fully saturated rings. The third-order valence-electron chi connectivity index (χ3n) is 6.05. The van der Waals surface area contributed by atoms with Crippen LogP contribution >= 0.6 is 11.8 Å². The molecule has 3 aromatic rings. The average Bonchev–Trinajstić information content (AvgIpc) is 3.59. The standard InChI is InChI=1S/C25H22N2O6S/c28-23(27-14-34-13-21(27)24(29)30)22-10-9-15(33-22)11-26-25(31)32-12-20-18-7-3-1-5-16(18)17-6-2-4-8-19(17)20/h1-10,20-21H,11-14H2,(H,26,31)(H,29,30)/t21-/m0/s1. The van der Waals surface area contributed by atoms with Crippen molar-refractivity contribution in [3.8, 4) is 11.1 Å². The Labute approximate surface area is 199 Å². The molecule has 0 spiro atoms. The number of benzene rings is 2. The number of hydrogen-bond acceptors (Lipinski definition) is 6. The highest BCUT2D eigenvalue weighted by molar-refractivity contribution is 7.99. The molecule has 1 saturated heterocycles. The third kappa shape index (κ3) is 4.14. The fraction of sp³-hybridized carbons (Fsp3) is 0.240. The van der Waals surface area contributed by atoms with Crippen LogP contribution in [0, 0.1) is 0 Å². The minimum atomic E-state index is -1.04. The van der Waals surface area contributed by atoms with E-state index in [1.54, 1.807) is 6.07 Å². The molecule has 1 atom stereocenters. The maximum absolute atomic E-state index is 12.6. The molecule has 2 aromatic carbocycles. The summed E-state index contributed by atoms with van der Waals surface area (Å²) < 4.78 is 11.0. The molecule has 9 heteroatoms. The van der Waals surface area contributed by atoms with Crippen LogP contribution in [-0.4, -0.2) is 52.3 Å². The predicted octanol–water partition coefficient (Wildman–Crippen LogP) is 3.92. The monoisotopic (exact) mass is 478 g/mol. The molecular weight excluding hydrogens is 456 g/mol. The van der Waals surface area contributed by atoms with Crippen molar-refractivity contribution in [2.45, 2.75) is 18.5 Å². The van der Waals surface area contributed by atoms with E-state index >= 15 is 0 Å². The van der Waals surface area contributed by atoms with Gasteiger partial charge in [0.1, 0.15) is 18.4 Å². The molecular formula is C25H22N2O6S. The fourth-order valence-electron chi connectivity index (χ4n) is 4.39. The van der Waals surface area contributed by atoms with E-state index in [1.165, 1.54) is 22.7 Å². The fourth-order valence-corrected chi connectivity index (χ4v) is 5.53. The third-order valence-corrected chi connectivity index (χ3v) is 7.06. The van der Waals surface area contributed by atoms with E-state index in [2.05, 4.69) is 29.6 Å². The van der Waals surface area contributed by atoms with Gasteiger partial charge >= 0.3 is 12.1 Å².